The molecule has 0 unspecified atom stereocenters. The molecule has 0 atom stereocenters. The molecule has 0 aliphatic heterocycles. The van der Waals surface area contributed by atoms with Crippen molar-refractivity contribution in [2.45, 2.75) is 6.42 Å². The van der Waals surface area contributed by atoms with E-state index in [9.17, 15) is 9.59 Å². The molecule has 0 aromatic rings. The van der Waals surface area contributed by atoms with Gasteiger partial charge in [-0.1, -0.05) is 12.7 Å². The van der Waals surface area contributed by atoms with Gasteiger partial charge in [0.15, 0.2) is 0 Å². The summed E-state index contributed by atoms with van der Waals surface area (Å²) in [6.07, 6.45) is 3.45. The fraction of sp³-hybridized carbons (Fsp3) is 0.143. The summed E-state index contributed by atoms with van der Waals surface area (Å²) in [6, 6.07) is 0. The molecule has 1 aliphatic rings. The third-order valence-electron chi connectivity index (χ3n) is 1.18. The predicted octanol–water partition coefficient (Wildman–Crippen LogP) is 0.641. The van der Waals surface area contributed by atoms with Gasteiger partial charge in [0.05, 0.1) is 0 Å². The first-order valence-corrected chi connectivity index (χ1v) is 2.65. The monoisotopic (exact) mass is 122 g/mol. The highest BCUT2D eigenvalue weighted by Gasteiger charge is 2.16. The lowest BCUT2D eigenvalue weighted by molar-refractivity contribution is -0.131. The minimum Gasteiger partial charge on any atom is -0.286 e. The van der Waals surface area contributed by atoms with Crippen LogP contribution in [0.15, 0.2) is 24.3 Å². The highest BCUT2D eigenvalue weighted by atomic mass is 16.2. The van der Waals surface area contributed by atoms with Crippen molar-refractivity contribution in [1.82, 2.24) is 0 Å². The molecule has 0 fully saturated rings. The van der Waals surface area contributed by atoms with Crippen LogP contribution in [0.4, 0.5) is 0 Å². The zero-order valence-electron chi connectivity index (χ0n) is 4.89. The normalized spacial score (nSPS) is 18.9. The van der Waals surface area contributed by atoms with Crippen molar-refractivity contribution in [3.63, 3.8) is 0 Å². The minimum absolute atomic E-state index is 0.391. The highest BCUT2D eigenvalue weighted by molar-refractivity contribution is 6.47. The number of carbonyl (C=O) groups excluding carboxylic acids is 2. The second kappa shape index (κ2) is 1.97. The van der Waals surface area contributed by atoms with Crippen LogP contribution in [0.1, 0.15) is 6.42 Å². The van der Waals surface area contributed by atoms with Gasteiger partial charge in [0.2, 0.25) is 11.6 Å². The fourth-order valence-corrected chi connectivity index (χ4v) is 0.651. The Kier molecular flexibility index (Phi) is 1.30. The van der Waals surface area contributed by atoms with E-state index in [-0.39, 0.29) is 0 Å². The molecule has 0 amide bonds. The zero-order chi connectivity index (χ0) is 6.85. The Bertz CT molecular complexity index is 211. The molecule has 0 saturated heterocycles. The van der Waals surface area contributed by atoms with Gasteiger partial charge in [0.1, 0.15) is 0 Å². The van der Waals surface area contributed by atoms with Gasteiger partial charge in [-0.15, -0.1) is 0 Å². The summed E-state index contributed by atoms with van der Waals surface area (Å²) in [5.41, 5.74) is 0.391. The summed E-state index contributed by atoms with van der Waals surface area (Å²) in [5, 5.41) is 0. The second-order valence-electron chi connectivity index (χ2n) is 1.90. The van der Waals surface area contributed by atoms with Gasteiger partial charge in [-0.3, -0.25) is 9.59 Å². The van der Waals surface area contributed by atoms with E-state index in [0.29, 0.717) is 12.0 Å². The molecule has 0 saturated carbocycles. The Morgan fingerprint density at radius 2 is 2.11 bits per heavy atom. The molecule has 0 bridgehead atoms. The SMILES string of the molecule is C=C1CC=CC(=O)C1=O. The summed E-state index contributed by atoms with van der Waals surface area (Å²) in [4.78, 5) is 21.1. The molecule has 0 aromatic carbocycles. The van der Waals surface area contributed by atoms with Gasteiger partial charge in [-0.25, -0.2) is 0 Å². The number of allylic oxidation sites excluding steroid dienone is 3. The van der Waals surface area contributed by atoms with Crippen molar-refractivity contribution in [2.24, 2.45) is 0 Å². The maximum absolute atomic E-state index is 10.6. The Morgan fingerprint density at radius 3 is 2.56 bits per heavy atom. The maximum Gasteiger partial charge on any atom is 0.228 e. The summed E-state index contributed by atoms with van der Waals surface area (Å²) in [6.45, 7) is 3.42. The maximum atomic E-state index is 10.6. The summed E-state index contributed by atoms with van der Waals surface area (Å²) in [5.74, 6) is -0.899. The second-order valence-corrected chi connectivity index (χ2v) is 1.90. The molecule has 46 valence electrons. The molecule has 0 aromatic heterocycles. The molecule has 0 N–H and O–H groups in total. The van der Waals surface area contributed by atoms with Gasteiger partial charge >= 0.3 is 0 Å². The topological polar surface area (TPSA) is 34.1 Å². The van der Waals surface area contributed by atoms with Gasteiger partial charge in [0.25, 0.3) is 0 Å². The van der Waals surface area contributed by atoms with Crippen LogP contribution in [0.25, 0.3) is 0 Å². The van der Waals surface area contributed by atoms with Crippen LogP contribution in [0.2, 0.25) is 0 Å². The third-order valence-corrected chi connectivity index (χ3v) is 1.18. The lowest BCUT2D eigenvalue weighted by atomic mass is 10.0. The molecule has 9 heavy (non-hydrogen) atoms. The highest BCUT2D eigenvalue weighted by Crippen LogP contribution is 2.07. The Morgan fingerprint density at radius 1 is 1.44 bits per heavy atom. The van der Waals surface area contributed by atoms with Crippen molar-refractivity contribution in [1.29, 1.82) is 0 Å². The van der Waals surface area contributed by atoms with Gasteiger partial charge < -0.3 is 0 Å². The number of carbonyl (C=O) groups is 2. The molecule has 2 heteroatoms. The standard InChI is InChI=1S/C7H6O2/c1-5-3-2-4-6(8)7(5)9/h2,4H,1,3H2. The van der Waals surface area contributed by atoms with Gasteiger partial charge in [0, 0.05) is 5.57 Å². The number of ketones is 2. The van der Waals surface area contributed by atoms with Gasteiger partial charge in [-0.05, 0) is 12.5 Å². The van der Waals surface area contributed by atoms with E-state index in [4.69, 9.17) is 0 Å². The Hall–Kier alpha value is -1.18. The van der Waals surface area contributed by atoms with Crippen LogP contribution >= 0.6 is 0 Å². The molecule has 0 heterocycles. The first-order chi connectivity index (χ1) is 4.22. The molecule has 0 radical (unpaired) electrons. The van der Waals surface area contributed by atoms with Crippen LogP contribution in [0.3, 0.4) is 0 Å². The molecular weight excluding hydrogens is 116 g/mol. The first kappa shape index (κ1) is 5.95. The lowest BCUT2D eigenvalue weighted by Gasteiger charge is -2.01. The van der Waals surface area contributed by atoms with Crippen LogP contribution in [-0.2, 0) is 9.59 Å². The minimum atomic E-state index is -0.453. The van der Waals surface area contributed by atoms with Crippen LogP contribution in [0, 0.1) is 0 Å². The largest absolute Gasteiger partial charge is 0.286 e. The Balaban J connectivity index is 2.94. The van der Waals surface area contributed by atoms with Crippen molar-refractivity contribution in [2.75, 3.05) is 0 Å². The van der Waals surface area contributed by atoms with Crippen LogP contribution in [0.5, 0.6) is 0 Å². The first-order valence-electron chi connectivity index (χ1n) is 2.65. The summed E-state index contributed by atoms with van der Waals surface area (Å²) >= 11 is 0. The summed E-state index contributed by atoms with van der Waals surface area (Å²) < 4.78 is 0. The van der Waals surface area contributed by atoms with E-state index in [1.807, 2.05) is 0 Å². The quantitative estimate of drug-likeness (QED) is 0.349. The molecule has 2 nitrogen and oxygen atoms in total. The smallest absolute Gasteiger partial charge is 0.228 e. The third kappa shape index (κ3) is 0.964. The number of hydrogen-bond donors (Lipinski definition) is 0. The number of hydrogen-bond acceptors (Lipinski definition) is 2. The number of Topliss-reactive ketones (excluding diaryl/α,β-unsaturated/α-hetero) is 1. The van der Waals surface area contributed by atoms with E-state index < -0.39 is 11.6 Å². The van der Waals surface area contributed by atoms with E-state index in [1.54, 1.807) is 6.08 Å². The van der Waals surface area contributed by atoms with E-state index in [0.717, 1.165) is 0 Å². The van der Waals surface area contributed by atoms with Crippen molar-refractivity contribution < 1.29 is 9.59 Å². The average Bonchev–Trinajstić information content (AvgIpc) is 1.83. The van der Waals surface area contributed by atoms with Crippen molar-refractivity contribution >= 4 is 11.6 Å². The molecule has 1 rings (SSSR count). The zero-order valence-corrected chi connectivity index (χ0v) is 4.89. The van der Waals surface area contributed by atoms with E-state index >= 15 is 0 Å². The van der Waals surface area contributed by atoms with E-state index in [1.165, 1.54) is 6.08 Å². The lowest BCUT2D eigenvalue weighted by Crippen LogP contribution is -2.15. The predicted molar refractivity (Wildman–Crippen MR) is 32.9 cm³/mol. The van der Waals surface area contributed by atoms with Gasteiger partial charge in [-0.2, -0.15) is 0 Å². The number of rotatable bonds is 0. The summed E-state index contributed by atoms with van der Waals surface area (Å²) in [7, 11) is 0. The molecule has 1 aliphatic carbocycles. The van der Waals surface area contributed by atoms with Crippen LogP contribution < -0.4 is 0 Å². The molecule has 0 spiro atoms. The Labute approximate surface area is 52.9 Å². The molecular formula is C7H6O2. The van der Waals surface area contributed by atoms with Crippen LogP contribution in [-0.4, -0.2) is 11.6 Å². The fourth-order valence-electron chi connectivity index (χ4n) is 0.651. The average molecular weight is 122 g/mol. The van der Waals surface area contributed by atoms with Crippen molar-refractivity contribution in [3.8, 4) is 0 Å². The van der Waals surface area contributed by atoms with E-state index in [2.05, 4.69) is 6.58 Å². The van der Waals surface area contributed by atoms with Crippen molar-refractivity contribution in [3.05, 3.63) is 24.3 Å².